The molecule has 3 rings (SSSR count). The van der Waals surface area contributed by atoms with E-state index in [0.717, 1.165) is 0 Å². The molecule has 0 amide bonds. The molecule has 0 nitrogen and oxygen atoms in total. The third-order valence-corrected chi connectivity index (χ3v) is 6.27. The molecule has 0 radical (unpaired) electrons. The van der Waals surface area contributed by atoms with Crippen LogP contribution in [0, 0.1) is 0 Å². The average Bonchev–Trinajstić information content (AvgIpc) is 2.55. The Kier molecular flexibility index (Phi) is 1.76. The molecule has 0 spiro atoms. The zero-order valence-electron chi connectivity index (χ0n) is 7.57. The van der Waals surface area contributed by atoms with Gasteiger partial charge in [0.25, 0.3) is 0 Å². The van der Waals surface area contributed by atoms with Crippen molar-refractivity contribution < 1.29 is 0 Å². The highest BCUT2D eigenvalue weighted by atomic mass is 35.6. The van der Waals surface area contributed by atoms with Crippen LogP contribution >= 0.6 is 11.1 Å². The summed E-state index contributed by atoms with van der Waals surface area (Å²) in [6, 6.07) is 17.0. The first-order valence-electron chi connectivity index (χ1n) is 4.70. The van der Waals surface area contributed by atoms with Gasteiger partial charge in [-0.1, -0.05) is 48.5 Å². The van der Waals surface area contributed by atoms with Crippen LogP contribution in [0.15, 0.2) is 48.5 Å². The summed E-state index contributed by atoms with van der Waals surface area (Å²) in [4.78, 5) is 0. The predicted molar refractivity (Wildman–Crippen MR) is 64.1 cm³/mol. The van der Waals surface area contributed by atoms with Gasteiger partial charge in [0.2, 0.25) is 8.11 Å². The predicted octanol–water partition coefficient (Wildman–Crippen LogP) is 1.74. The van der Waals surface area contributed by atoms with Crippen LogP contribution in [-0.4, -0.2) is 8.11 Å². The first-order valence-corrected chi connectivity index (χ1v) is 7.60. The number of benzene rings is 2. The summed E-state index contributed by atoms with van der Waals surface area (Å²) < 4.78 is 0. The molecule has 1 aliphatic rings. The molecule has 2 heteroatoms. The van der Waals surface area contributed by atoms with E-state index in [-0.39, 0.29) is 0 Å². The van der Waals surface area contributed by atoms with E-state index in [9.17, 15) is 0 Å². The summed E-state index contributed by atoms with van der Waals surface area (Å²) in [5, 5.41) is 2.74. The third kappa shape index (κ3) is 0.998. The topological polar surface area (TPSA) is 0 Å². The zero-order valence-corrected chi connectivity index (χ0v) is 9.48. The van der Waals surface area contributed by atoms with Crippen molar-refractivity contribution in [2.45, 2.75) is 0 Å². The molecule has 68 valence electrons. The molecule has 0 saturated carbocycles. The van der Waals surface area contributed by atoms with Gasteiger partial charge in [0.05, 0.1) is 0 Å². The molecule has 0 saturated heterocycles. The second-order valence-corrected chi connectivity index (χ2v) is 6.82. The van der Waals surface area contributed by atoms with Crippen LogP contribution in [0.4, 0.5) is 0 Å². The van der Waals surface area contributed by atoms with Crippen LogP contribution in [0.25, 0.3) is 11.1 Å². The average molecular weight is 217 g/mol. The maximum absolute atomic E-state index is 6.51. The van der Waals surface area contributed by atoms with E-state index in [1.54, 1.807) is 0 Å². The van der Waals surface area contributed by atoms with E-state index in [1.165, 1.54) is 21.5 Å². The van der Waals surface area contributed by atoms with Crippen LogP contribution in [0.1, 0.15) is 0 Å². The van der Waals surface area contributed by atoms with E-state index in [4.69, 9.17) is 11.1 Å². The van der Waals surface area contributed by atoms with Gasteiger partial charge in [-0.3, -0.25) is 0 Å². The smallest absolute Gasteiger partial charge is 0.159 e. The van der Waals surface area contributed by atoms with Gasteiger partial charge >= 0.3 is 0 Å². The number of halogens is 1. The quantitative estimate of drug-likeness (QED) is 0.465. The van der Waals surface area contributed by atoms with Gasteiger partial charge in [0.1, 0.15) is 0 Å². The minimum atomic E-state index is -1.37. The molecule has 0 fully saturated rings. The fourth-order valence-corrected chi connectivity index (χ4v) is 5.18. The van der Waals surface area contributed by atoms with Gasteiger partial charge in [0, 0.05) is 0 Å². The van der Waals surface area contributed by atoms with Crippen LogP contribution in [0.2, 0.25) is 0 Å². The van der Waals surface area contributed by atoms with Gasteiger partial charge in [-0.25, -0.2) is 0 Å². The van der Waals surface area contributed by atoms with E-state index >= 15 is 0 Å². The third-order valence-electron chi connectivity index (χ3n) is 2.76. The van der Waals surface area contributed by atoms with Crippen molar-refractivity contribution in [3.63, 3.8) is 0 Å². The fraction of sp³-hybridized carbons (Fsp3) is 0. The summed E-state index contributed by atoms with van der Waals surface area (Å²) in [6.45, 7) is 0. The largest absolute Gasteiger partial charge is 0.203 e. The maximum atomic E-state index is 6.51. The van der Waals surface area contributed by atoms with Gasteiger partial charge in [-0.05, 0) is 21.5 Å². The lowest BCUT2D eigenvalue weighted by Gasteiger charge is -1.99. The summed E-state index contributed by atoms with van der Waals surface area (Å²) in [5.74, 6) is 0. The van der Waals surface area contributed by atoms with Crippen LogP contribution < -0.4 is 10.4 Å². The molecule has 0 N–H and O–H groups in total. The molecule has 14 heavy (non-hydrogen) atoms. The Morgan fingerprint density at radius 3 is 1.64 bits per heavy atom. The summed E-state index contributed by atoms with van der Waals surface area (Å²) in [6.07, 6.45) is 0. The maximum Gasteiger partial charge on any atom is 0.203 e. The Balaban J connectivity index is 2.36. The molecule has 0 aromatic heterocycles. The van der Waals surface area contributed by atoms with Crippen molar-refractivity contribution in [3.05, 3.63) is 48.5 Å². The van der Waals surface area contributed by atoms with Crippen LogP contribution in [0.3, 0.4) is 0 Å². The molecule has 0 atom stereocenters. The van der Waals surface area contributed by atoms with Crippen LogP contribution in [-0.2, 0) is 0 Å². The lowest BCUT2D eigenvalue weighted by molar-refractivity contribution is 1.71. The minimum Gasteiger partial charge on any atom is -0.159 e. The van der Waals surface area contributed by atoms with Crippen molar-refractivity contribution in [2.24, 2.45) is 0 Å². The molecule has 0 aliphatic carbocycles. The second kappa shape index (κ2) is 2.97. The first-order chi connectivity index (χ1) is 6.88. The molecular formula is C12H9ClSi. The lowest BCUT2D eigenvalue weighted by Crippen LogP contribution is -2.31. The van der Waals surface area contributed by atoms with Gasteiger partial charge in [-0.2, -0.15) is 11.1 Å². The molecule has 2 aromatic rings. The van der Waals surface area contributed by atoms with Gasteiger partial charge < -0.3 is 0 Å². The molecule has 1 heterocycles. The van der Waals surface area contributed by atoms with Crippen molar-refractivity contribution >= 4 is 29.6 Å². The van der Waals surface area contributed by atoms with E-state index in [0.29, 0.717) is 0 Å². The standard InChI is InChI=1S/C12H9ClSi/c13-14-11-7-3-1-5-9(11)10-6-2-4-8-12(10)14/h1-8,14H. The van der Waals surface area contributed by atoms with Gasteiger partial charge in [0.15, 0.2) is 0 Å². The number of hydrogen-bond acceptors (Lipinski definition) is 0. The minimum absolute atomic E-state index is 1.34. The molecule has 0 bridgehead atoms. The van der Waals surface area contributed by atoms with E-state index < -0.39 is 8.11 Å². The molecular weight excluding hydrogens is 208 g/mol. The first kappa shape index (κ1) is 8.27. The van der Waals surface area contributed by atoms with Crippen molar-refractivity contribution in [3.8, 4) is 11.1 Å². The van der Waals surface area contributed by atoms with E-state index in [2.05, 4.69) is 48.5 Å². The molecule has 2 aromatic carbocycles. The summed E-state index contributed by atoms with van der Waals surface area (Å²) in [5.41, 5.74) is 2.68. The Bertz CT molecular complexity index is 448. The zero-order chi connectivity index (χ0) is 9.54. The molecule has 1 aliphatic heterocycles. The van der Waals surface area contributed by atoms with Crippen molar-refractivity contribution in [2.75, 3.05) is 0 Å². The van der Waals surface area contributed by atoms with E-state index in [1.807, 2.05) is 0 Å². The highest BCUT2D eigenvalue weighted by Gasteiger charge is 2.27. The SMILES string of the molecule is Cl[SiH]1c2ccccc2-c2ccccc21. The number of fused-ring (bicyclic) bond motifs is 3. The number of hydrogen-bond donors (Lipinski definition) is 0. The van der Waals surface area contributed by atoms with Gasteiger partial charge in [-0.15, -0.1) is 0 Å². The van der Waals surface area contributed by atoms with Crippen molar-refractivity contribution in [1.82, 2.24) is 0 Å². The highest BCUT2D eigenvalue weighted by molar-refractivity contribution is 7.23. The lowest BCUT2D eigenvalue weighted by atomic mass is 10.1. The second-order valence-electron chi connectivity index (χ2n) is 3.54. The highest BCUT2D eigenvalue weighted by Crippen LogP contribution is 2.23. The summed E-state index contributed by atoms with van der Waals surface area (Å²) >= 11 is 6.51. The normalized spacial score (nSPS) is 13.8. The molecule has 0 unspecified atom stereocenters. The Labute approximate surface area is 89.5 Å². The monoisotopic (exact) mass is 216 g/mol. The van der Waals surface area contributed by atoms with Crippen LogP contribution in [0.5, 0.6) is 0 Å². The number of rotatable bonds is 0. The Hall–Kier alpha value is -1.05. The fourth-order valence-electron chi connectivity index (χ4n) is 2.09. The summed E-state index contributed by atoms with van der Waals surface area (Å²) in [7, 11) is -1.37. The Morgan fingerprint density at radius 2 is 1.14 bits per heavy atom. The Morgan fingerprint density at radius 1 is 0.714 bits per heavy atom. The van der Waals surface area contributed by atoms with Crippen molar-refractivity contribution in [1.29, 1.82) is 0 Å².